The molecule has 18 heavy (non-hydrogen) atoms. The maximum Gasteiger partial charge on any atom is 0.0453 e. The van der Waals surface area contributed by atoms with E-state index in [0.29, 0.717) is 0 Å². The third-order valence-electron chi connectivity index (χ3n) is 3.14. The van der Waals surface area contributed by atoms with Crippen molar-refractivity contribution in [3.8, 4) is 0 Å². The molecule has 0 aromatic heterocycles. The van der Waals surface area contributed by atoms with E-state index < -0.39 is 0 Å². The standard InChI is InChI=1S/C15H24ClNO/c1-12-5-6-13(14(16)9-12)10-17-11-15(2,3)7-4-8-18/h5-6,9,17-18H,4,7-8,10-11H2,1-3H3. The summed E-state index contributed by atoms with van der Waals surface area (Å²) in [6.45, 7) is 8.46. The first-order valence-corrected chi connectivity index (χ1v) is 6.89. The van der Waals surface area contributed by atoms with Crippen molar-refractivity contribution in [2.75, 3.05) is 13.2 Å². The van der Waals surface area contributed by atoms with Crippen molar-refractivity contribution in [3.63, 3.8) is 0 Å². The minimum Gasteiger partial charge on any atom is -0.396 e. The van der Waals surface area contributed by atoms with Crippen LogP contribution in [0.3, 0.4) is 0 Å². The Morgan fingerprint density at radius 2 is 2.06 bits per heavy atom. The molecule has 0 aliphatic carbocycles. The molecule has 0 heterocycles. The van der Waals surface area contributed by atoms with Gasteiger partial charge in [-0.25, -0.2) is 0 Å². The van der Waals surface area contributed by atoms with Crippen LogP contribution in [-0.2, 0) is 6.54 Å². The monoisotopic (exact) mass is 269 g/mol. The van der Waals surface area contributed by atoms with Crippen LogP contribution in [0.25, 0.3) is 0 Å². The lowest BCUT2D eigenvalue weighted by Gasteiger charge is -2.25. The molecule has 0 saturated heterocycles. The lowest BCUT2D eigenvalue weighted by atomic mass is 9.88. The highest BCUT2D eigenvalue weighted by Crippen LogP contribution is 2.22. The zero-order chi connectivity index (χ0) is 13.6. The van der Waals surface area contributed by atoms with E-state index in [-0.39, 0.29) is 12.0 Å². The third-order valence-corrected chi connectivity index (χ3v) is 3.49. The van der Waals surface area contributed by atoms with E-state index in [1.165, 1.54) is 5.56 Å². The lowest BCUT2D eigenvalue weighted by Crippen LogP contribution is -2.29. The van der Waals surface area contributed by atoms with Gasteiger partial charge in [0.2, 0.25) is 0 Å². The average Bonchev–Trinajstić information content (AvgIpc) is 2.29. The maximum atomic E-state index is 8.86. The largest absolute Gasteiger partial charge is 0.396 e. The normalized spacial score (nSPS) is 11.8. The Balaban J connectivity index is 2.41. The van der Waals surface area contributed by atoms with Crippen LogP contribution < -0.4 is 5.32 Å². The molecule has 0 fully saturated rings. The van der Waals surface area contributed by atoms with Gasteiger partial charge in [0.15, 0.2) is 0 Å². The number of halogens is 1. The molecule has 0 aliphatic heterocycles. The van der Waals surface area contributed by atoms with E-state index in [9.17, 15) is 0 Å². The smallest absolute Gasteiger partial charge is 0.0453 e. The van der Waals surface area contributed by atoms with E-state index in [0.717, 1.165) is 36.5 Å². The topological polar surface area (TPSA) is 32.3 Å². The molecule has 3 heteroatoms. The highest BCUT2D eigenvalue weighted by Gasteiger charge is 2.16. The Labute approximate surface area is 115 Å². The first kappa shape index (κ1) is 15.5. The molecule has 0 spiro atoms. The summed E-state index contributed by atoms with van der Waals surface area (Å²) >= 11 is 6.19. The number of rotatable bonds is 7. The van der Waals surface area contributed by atoms with Crippen LogP contribution in [-0.4, -0.2) is 18.3 Å². The second-order valence-electron chi connectivity index (χ2n) is 5.69. The summed E-state index contributed by atoms with van der Waals surface area (Å²) in [6.07, 6.45) is 1.89. The fourth-order valence-corrected chi connectivity index (χ4v) is 2.28. The number of benzene rings is 1. The van der Waals surface area contributed by atoms with Gasteiger partial charge in [-0.2, -0.15) is 0 Å². The molecule has 0 bridgehead atoms. The van der Waals surface area contributed by atoms with Gasteiger partial charge >= 0.3 is 0 Å². The minimum atomic E-state index is 0.208. The summed E-state index contributed by atoms with van der Waals surface area (Å²) in [5, 5.41) is 13.1. The number of aryl methyl sites for hydroxylation is 1. The minimum absolute atomic E-state index is 0.208. The average molecular weight is 270 g/mol. The van der Waals surface area contributed by atoms with E-state index in [4.69, 9.17) is 16.7 Å². The van der Waals surface area contributed by atoms with Gasteiger partial charge in [0.05, 0.1) is 0 Å². The van der Waals surface area contributed by atoms with Crippen molar-refractivity contribution in [1.82, 2.24) is 5.32 Å². The Morgan fingerprint density at radius 3 is 2.67 bits per heavy atom. The first-order chi connectivity index (χ1) is 8.44. The molecule has 1 aromatic carbocycles. The van der Waals surface area contributed by atoms with Crippen LogP contribution in [0.4, 0.5) is 0 Å². The Hall–Kier alpha value is -0.570. The van der Waals surface area contributed by atoms with E-state index >= 15 is 0 Å². The van der Waals surface area contributed by atoms with Crippen molar-refractivity contribution in [3.05, 3.63) is 34.3 Å². The van der Waals surface area contributed by atoms with E-state index in [1.807, 2.05) is 13.0 Å². The van der Waals surface area contributed by atoms with Crippen molar-refractivity contribution >= 4 is 11.6 Å². The molecule has 0 unspecified atom stereocenters. The van der Waals surface area contributed by atoms with E-state index in [2.05, 4.69) is 31.3 Å². The zero-order valence-corrected chi connectivity index (χ0v) is 12.3. The van der Waals surface area contributed by atoms with Gasteiger partial charge < -0.3 is 10.4 Å². The molecule has 0 saturated carbocycles. The Morgan fingerprint density at radius 1 is 1.33 bits per heavy atom. The van der Waals surface area contributed by atoms with Gasteiger partial charge in [-0.05, 0) is 42.4 Å². The van der Waals surface area contributed by atoms with Crippen molar-refractivity contribution < 1.29 is 5.11 Å². The van der Waals surface area contributed by atoms with Gasteiger partial charge in [0.1, 0.15) is 0 Å². The summed E-state index contributed by atoms with van der Waals surface area (Å²) in [4.78, 5) is 0. The number of aliphatic hydroxyl groups is 1. The lowest BCUT2D eigenvalue weighted by molar-refractivity contribution is 0.236. The van der Waals surface area contributed by atoms with Crippen LogP contribution in [0.15, 0.2) is 18.2 Å². The summed E-state index contributed by atoms with van der Waals surface area (Å²) in [5.41, 5.74) is 2.53. The highest BCUT2D eigenvalue weighted by atomic mass is 35.5. The molecular weight excluding hydrogens is 246 g/mol. The van der Waals surface area contributed by atoms with Gasteiger partial charge in [-0.1, -0.05) is 37.6 Å². The molecular formula is C15H24ClNO. The second kappa shape index (κ2) is 7.13. The quantitative estimate of drug-likeness (QED) is 0.794. The predicted octanol–water partition coefficient (Wildman–Crippen LogP) is 3.54. The summed E-state index contributed by atoms with van der Waals surface area (Å²) in [5.74, 6) is 0. The molecule has 102 valence electrons. The van der Waals surface area contributed by atoms with Crippen molar-refractivity contribution in [2.45, 2.75) is 40.2 Å². The van der Waals surface area contributed by atoms with Crippen LogP contribution >= 0.6 is 11.6 Å². The predicted molar refractivity (Wildman–Crippen MR) is 78.0 cm³/mol. The van der Waals surface area contributed by atoms with Crippen molar-refractivity contribution in [2.24, 2.45) is 5.41 Å². The van der Waals surface area contributed by atoms with Crippen LogP contribution in [0.1, 0.15) is 37.8 Å². The molecule has 0 radical (unpaired) electrons. The molecule has 0 aliphatic rings. The molecule has 1 aromatic rings. The summed E-state index contributed by atoms with van der Waals surface area (Å²) in [6, 6.07) is 6.15. The molecule has 0 atom stereocenters. The van der Waals surface area contributed by atoms with Crippen LogP contribution in [0.2, 0.25) is 5.02 Å². The fraction of sp³-hybridized carbons (Fsp3) is 0.600. The Kier molecular flexibility index (Phi) is 6.13. The molecule has 2 nitrogen and oxygen atoms in total. The first-order valence-electron chi connectivity index (χ1n) is 6.51. The SMILES string of the molecule is Cc1ccc(CNCC(C)(C)CCCO)c(Cl)c1. The second-order valence-corrected chi connectivity index (χ2v) is 6.10. The highest BCUT2D eigenvalue weighted by molar-refractivity contribution is 6.31. The van der Waals surface area contributed by atoms with Gasteiger partial charge in [-0.15, -0.1) is 0 Å². The number of aliphatic hydroxyl groups excluding tert-OH is 1. The Bertz CT molecular complexity index is 377. The zero-order valence-electron chi connectivity index (χ0n) is 11.6. The summed E-state index contributed by atoms with van der Waals surface area (Å²) in [7, 11) is 0. The van der Waals surface area contributed by atoms with E-state index in [1.54, 1.807) is 0 Å². The van der Waals surface area contributed by atoms with Crippen molar-refractivity contribution in [1.29, 1.82) is 0 Å². The van der Waals surface area contributed by atoms with Gasteiger partial charge in [0, 0.05) is 24.7 Å². The molecule has 1 rings (SSSR count). The summed E-state index contributed by atoms with van der Waals surface area (Å²) < 4.78 is 0. The van der Waals surface area contributed by atoms with Gasteiger partial charge in [-0.3, -0.25) is 0 Å². The molecule has 2 N–H and O–H groups in total. The van der Waals surface area contributed by atoms with Crippen LogP contribution in [0, 0.1) is 12.3 Å². The number of nitrogens with one attached hydrogen (secondary N) is 1. The van der Waals surface area contributed by atoms with Gasteiger partial charge in [0.25, 0.3) is 0 Å². The fourth-order valence-electron chi connectivity index (χ4n) is 1.98. The number of hydrogen-bond donors (Lipinski definition) is 2. The number of hydrogen-bond acceptors (Lipinski definition) is 2. The molecule has 0 amide bonds. The third kappa shape index (κ3) is 5.38. The van der Waals surface area contributed by atoms with Crippen LogP contribution in [0.5, 0.6) is 0 Å². The maximum absolute atomic E-state index is 8.86.